The summed E-state index contributed by atoms with van der Waals surface area (Å²) in [7, 11) is 0. The van der Waals surface area contributed by atoms with Crippen molar-refractivity contribution in [2.24, 2.45) is 11.3 Å². The van der Waals surface area contributed by atoms with E-state index in [0.717, 1.165) is 11.8 Å². The highest BCUT2D eigenvalue weighted by molar-refractivity contribution is 6.17. The van der Waals surface area contributed by atoms with Crippen molar-refractivity contribution in [2.75, 3.05) is 25.5 Å². The summed E-state index contributed by atoms with van der Waals surface area (Å²) < 4.78 is 0. The number of rotatable bonds is 5. The molecule has 0 bridgehead atoms. The van der Waals surface area contributed by atoms with Gasteiger partial charge in [-0.3, -0.25) is 0 Å². The third kappa shape index (κ3) is 5.54. The van der Waals surface area contributed by atoms with E-state index < -0.39 is 0 Å². The Morgan fingerprint density at radius 1 is 1.19 bits per heavy atom. The van der Waals surface area contributed by atoms with Crippen molar-refractivity contribution >= 4 is 11.6 Å². The van der Waals surface area contributed by atoms with Gasteiger partial charge in [0.25, 0.3) is 0 Å². The number of hydrogen-bond acceptors (Lipinski definition) is 1. The lowest BCUT2D eigenvalue weighted by atomic mass is 9.85. The van der Waals surface area contributed by atoms with Gasteiger partial charge in [0.05, 0.1) is 0 Å². The second kappa shape index (κ2) is 6.86. The average Bonchev–Trinajstić information content (AvgIpc) is 2.37. The summed E-state index contributed by atoms with van der Waals surface area (Å²) in [4.78, 5) is 2.65. The van der Waals surface area contributed by atoms with Crippen LogP contribution in [0, 0.1) is 11.3 Å². The topological polar surface area (TPSA) is 3.24 Å². The van der Waals surface area contributed by atoms with Crippen LogP contribution in [0.25, 0.3) is 0 Å². The Hall–Kier alpha value is 0.250. The number of halogens is 1. The van der Waals surface area contributed by atoms with Crippen LogP contribution in [0.15, 0.2) is 0 Å². The SMILES string of the molecule is CC(CCCl)CCN1CCCC(C)(C)CC1. The summed E-state index contributed by atoms with van der Waals surface area (Å²) in [6.45, 7) is 11.0. The lowest BCUT2D eigenvalue weighted by Gasteiger charge is -2.24. The lowest BCUT2D eigenvalue weighted by Crippen LogP contribution is -2.27. The molecule has 0 radical (unpaired) electrons. The number of hydrogen-bond donors (Lipinski definition) is 0. The van der Waals surface area contributed by atoms with Crippen LogP contribution in [-0.4, -0.2) is 30.4 Å². The molecule has 0 aromatic rings. The van der Waals surface area contributed by atoms with Crippen molar-refractivity contribution in [3.05, 3.63) is 0 Å². The third-order valence-corrected chi connectivity index (χ3v) is 4.19. The van der Waals surface area contributed by atoms with E-state index in [-0.39, 0.29) is 0 Å². The minimum Gasteiger partial charge on any atom is -0.303 e. The zero-order valence-electron chi connectivity index (χ0n) is 11.3. The normalized spacial score (nSPS) is 24.0. The molecule has 0 spiro atoms. The summed E-state index contributed by atoms with van der Waals surface area (Å²) in [5.41, 5.74) is 0.566. The van der Waals surface area contributed by atoms with E-state index >= 15 is 0 Å². The molecule has 1 saturated heterocycles. The predicted molar refractivity (Wildman–Crippen MR) is 73.2 cm³/mol. The van der Waals surface area contributed by atoms with Gasteiger partial charge in [0.15, 0.2) is 0 Å². The molecule has 1 aliphatic heterocycles. The summed E-state index contributed by atoms with van der Waals surface area (Å²) in [5.74, 6) is 1.60. The zero-order valence-corrected chi connectivity index (χ0v) is 12.0. The van der Waals surface area contributed by atoms with Crippen LogP contribution in [0.1, 0.15) is 52.9 Å². The van der Waals surface area contributed by atoms with Crippen molar-refractivity contribution in [1.82, 2.24) is 4.90 Å². The molecular weight excluding hydrogens is 218 g/mol. The van der Waals surface area contributed by atoms with Crippen molar-refractivity contribution in [2.45, 2.75) is 52.9 Å². The minimum absolute atomic E-state index is 0.566. The maximum Gasteiger partial charge on any atom is 0.0225 e. The molecule has 0 aromatic carbocycles. The predicted octanol–water partition coefficient (Wildman–Crippen LogP) is 4.15. The summed E-state index contributed by atoms with van der Waals surface area (Å²) in [6, 6.07) is 0. The fourth-order valence-electron chi connectivity index (χ4n) is 2.44. The smallest absolute Gasteiger partial charge is 0.0225 e. The van der Waals surface area contributed by atoms with Crippen LogP contribution in [-0.2, 0) is 0 Å². The van der Waals surface area contributed by atoms with Crippen LogP contribution in [0.2, 0.25) is 0 Å². The Morgan fingerprint density at radius 3 is 2.62 bits per heavy atom. The molecule has 0 saturated carbocycles. The highest BCUT2D eigenvalue weighted by atomic mass is 35.5. The van der Waals surface area contributed by atoms with E-state index in [4.69, 9.17) is 11.6 Å². The van der Waals surface area contributed by atoms with Crippen LogP contribution in [0.5, 0.6) is 0 Å². The second-order valence-electron chi connectivity index (χ2n) is 6.23. The monoisotopic (exact) mass is 245 g/mol. The zero-order chi connectivity index (χ0) is 12.0. The molecule has 1 rings (SSSR count). The van der Waals surface area contributed by atoms with Crippen molar-refractivity contribution < 1.29 is 0 Å². The van der Waals surface area contributed by atoms with Gasteiger partial charge in [0, 0.05) is 5.88 Å². The van der Waals surface area contributed by atoms with Gasteiger partial charge in [-0.1, -0.05) is 20.8 Å². The highest BCUT2D eigenvalue weighted by Gasteiger charge is 2.22. The Morgan fingerprint density at radius 2 is 1.94 bits per heavy atom. The Kier molecular flexibility index (Phi) is 6.13. The molecule has 96 valence electrons. The number of alkyl halides is 1. The molecule has 1 atom stereocenters. The first-order valence-corrected chi connectivity index (χ1v) is 7.35. The Balaban J connectivity index is 2.22. The van der Waals surface area contributed by atoms with E-state index in [1.54, 1.807) is 0 Å². The minimum atomic E-state index is 0.566. The van der Waals surface area contributed by atoms with Gasteiger partial charge >= 0.3 is 0 Å². The van der Waals surface area contributed by atoms with E-state index in [2.05, 4.69) is 25.7 Å². The maximum absolute atomic E-state index is 5.77. The van der Waals surface area contributed by atoms with Crippen LogP contribution < -0.4 is 0 Å². The van der Waals surface area contributed by atoms with Crippen LogP contribution in [0.3, 0.4) is 0 Å². The van der Waals surface area contributed by atoms with Gasteiger partial charge in [-0.15, -0.1) is 11.6 Å². The molecule has 0 aliphatic carbocycles. The molecule has 1 fully saturated rings. The van der Waals surface area contributed by atoms with Crippen molar-refractivity contribution in [3.63, 3.8) is 0 Å². The van der Waals surface area contributed by atoms with Crippen molar-refractivity contribution in [1.29, 1.82) is 0 Å². The van der Waals surface area contributed by atoms with Crippen LogP contribution in [0.4, 0.5) is 0 Å². The maximum atomic E-state index is 5.77. The number of nitrogens with zero attached hydrogens (tertiary/aromatic N) is 1. The molecular formula is C14H28ClN. The Bertz CT molecular complexity index is 191. The lowest BCUT2D eigenvalue weighted by molar-refractivity contribution is 0.246. The first-order valence-electron chi connectivity index (χ1n) is 6.82. The molecule has 1 aliphatic rings. The first-order chi connectivity index (χ1) is 7.53. The molecule has 16 heavy (non-hydrogen) atoms. The summed E-state index contributed by atoms with van der Waals surface area (Å²) in [5, 5.41) is 0. The summed E-state index contributed by atoms with van der Waals surface area (Å²) in [6.07, 6.45) is 6.60. The van der Waals surface area contributed by atoms with E-state index in [1.165, 1.54) is 51.7 Å². The third-order valence-electron chi connectivity index (χ3n) is 3.97. The number of likely N-dealkylation sites (tertiary alicyclic amines) is 1. The molecule has 0 N–H and O–H groups in total. The van der Waals surface area contributed by atoms with Gasteiger partial charge in [0.2, 0.25) is 0 Å². The summed E-state index contributed by atoms with van der Waals surface area (Å²) >= 11 is 5.77. The first kappa shape index (κ1) is 14.3. The Labute approximate surface area is 107 Å². The highest BCUT2D eigenvalue weighted by Crippen LogP contribution is 2.29. The fraction of sp³-hybridized carbons (Fsp3) is 1.00. The fourth-order valence-corrected chi connectivity index (χ4v) is 2.81. The van der Waals surface area contributed by atoms with E-state index in [9.17, 15) is 0 Å². The van der Waals surface area contributed by atoms with Gasteiger partial charge in [-0.25, -0.2) is 0 Å². The second-order valence-corrected chi connectivity index (χ2v) is 6.61. The molecule has 1 nitrogen and oxygen atoms in total. The average molecular weight is 246 g/mol. The standard InChI is InChI=1S/C14H28ClN/c1-13(5-9-15)6-11-16-10-4-7-14(2,3)8-12-16/h13H,4-12H2,1-3H3. The van der Waals surface area contributed by atoms with E-state index in [1.807, 2.05) is 0 Å². The van der Waals surface area contributed by atoms with Gasteiger partial charge in [-0.2, -0.15) is 0 Å². The van der Waals surface area contributed by atoms with Gasteiger partial charge in [0.1, 0.15) is 0 Å². The molecule has 2 heteroatoms. The largest absolute Gasteiger partial charge is 0.303 e. The quantitative estimate of drug-likeness (QED) is 0.658. The van der Waals surface area contributed by atoms with Gasteiger partial charge < -0.3 is 4.90 Å². The van der Waals surface area contributed by atoms with Crippen LogP contribution >= 0.6 is 11.6 Å². The van der Waals surface area contributed by atoms with Gasteiger partial charge in [-0.05, 0) is 63.1 Å². The molecule has 1 unspecified atom stereocenters. The molecule has 0 amide bonds. The van der Waals surface area contributed by atoms with Crippen molar-refractivity contribution in [3.8, 4) is 0 Å². The van der Waals surface area contributed by atoms with E-state index in [0.29, 0.717) is 5.41 Å². The molecule has 0 aromatic heterocycles. The molecule has 1 heterocycles.